The molecule has 22 heavy (non-hydrogen) atoms. The number of hydrogen-bond acceptors (Lipinski definition) is 4. The van der Waals surface area contributed by atoms with Crippen LogP contribution in [0.3, 0.4) is 0 Å². The molecule has 5 heteroatoms. The molecule has 5 nitrogen and oxygen atoms in total. The summed E-state index contributed by atoms with van der Waals surface area (Å²) in [5, 5.41) is 11.4. The van der Waals surface area contributed by atoms with Crippen LogP contribution in [-0.4, -0.2) is 16.1 Å². The van der Waals surface area contributed by atoms with Gasteiger partial charge in [-0.15, -0.1) is 10.2 Å². The van der Waals surface area contributed by atoms with Crippen LogP contribution in [0.5, 0.6) is 0 Å². The number of nitrogens with two attached hydrogens (primary N) is 1. The first-order chi connectivity index (χ1) is 10.7. The fourth-order valence-electron chi connectivity index (χ4n) is 2.06. The Morgan fingerprint density at radius 3 is 2.41 bits per heavy atom. The Morgan fingerprint density at radius 1 is 0.909 bits per heavy atom. The predicted molar refractivity (Wildman–Crippen MR) is 85.7 cm³/mol. The van der Waals surface area contributed by atoms with Crippen molar-refractivity contribution in [2.24, 2.45) is 5.73 Å². The highest BCUT2D eigenvalue weighted by Gasteiger charge is 2.03. The van der Waals surface area contributed by atoms with Gasteiger partial charge >= 0.3 is 0 Å². The van der Waals surface area contributed by atoms with Crippen molar-refractivity contribution in [3.05, 3.63) is 72.3 Å². The van der Waals surface area contributed by atoms with E-state index in [1.807, 2.05) is 48.5 Å². The molecule has 0 bridgehead atoms. The number of nitrogens with zero attached hydrogens (tertiary/aromatic N) is 2. The summed E-state index contributed by atoms with van der Waals surface area (Å²) in [6.07, 6.45) is 0. The average molecular weight is 290 g/mol. The highest BCUT2D eigenvalue weighted by atomic mass is 16.1. The Labute approximate surface area is 127 Å². The molecule has 0 unspecified atom stereocenters. The number of carbonyl (C=O) groups is 1. The highest BCUT2D eigenvalue weighted by molar-refractivity contribution is 5.93. The lowest BCUT2D eigenvalue weighted by Gasteiger charge is -2.06. The van der Waals surface area contributed by atoms with Gasteiger partial charge in [-0.3, -0.25) is 4.79 Å². The molecular weight excluding hydrogens is 276 g/mol. The summed E-state index contributed by atoms with van der Waals surface area (Å²) in [6.45, 7) is 0. The maximum atomic E-state index is 11.2. The second-order valence-electron chi connectivity index (χ2n) is 4.74. The molecule has 1 aromatic heterocycles. The number of anilines is 2. The summed E-state index contributed by atoms with van der Waals surface area (Å²) >= 11 is 0. The molecule has 1 amide bonds. The molecular formula is C17H14N4O. The summed E-state index contributed by atoms with van der Waals surface area (Å²) < 4.78 is 0. The maximum absolute atomic E-state index is 11.2. The maximum Gasteiger partial charge on any atom is 0.248 e. The molecule has 3 N–H and O–H groups in total. The van der Waals surface area contributed by atoms with Gasteiger partial charge in [-0.1, -0.05) is 36.4 Å². The van der Waals surface area contributed by atoms with Crippen LogP contribution in [0, 0.1) is 0 Å². The molecule has 0 saturated heterocycles. The molecule has 0 aliphatic rings. The number of benzene rings is 2. The third kappa shape index (κ3) is 3.09. The standard InChI is InChI=1S/C17H14N4O/c18-17(22)13-7-4-8-14(11-13)19-16-10-9-15(20-21-16)12-5-2-1-3-6-12/h1-11H,(H2,18,22)(H,19,21). The van der Waals surface area contributed by atoms with E-state index in [1.165, 1.54) is 0 Å². The smallest absolute Gasteiger partial charge is 0.248 e. The van der Waals surface area contributed by atoms with E-state index in [0.29, 0.717) is 11.4 Å². The Balaban J connectivity index is 1.79. The fourth-order valence-corrected chi connectivity index (χ4v) is 2.06. The first-order valence-corrected chi connectivity index (χ1v) is 6.78. The molecule has 0 aliphatic carbocycles. The number of rotatable bonds is 4. The number of aromatic nitrogens is 2. The molecule has 2 aromatic carbocycles. The van der Waals surface area contributed by atoms with Crippen molar-refractivity contribution in [2.75, 3.05) is 5.32 Å². The zero-order valence-corrected chi connectivity index (χ0v) is 11.7. The van der Waals surface area contributed by atoms with Gasteiger partial charge in [0, 0.05) is 16.8 Å². The van der Waals surface area contributed by atoms with Crippen molar-refractivity contribution >= 4 is 17.4 Å². The molecule has 3 rings (SSSR count). The van der Waals surface area contributed by atoms with E-state index < -0.39 is 5.91 Å². The molecule has 0 spiro atoms. The monoisotopic (exact) mass is 290 g/mol. The number of carbonyl (C=O) groups excluding carboxylic acids is 1. The Morgan fingerprint density at radius 2 is 1.73 bits per heavy atom. The molecule has 0 aliphatic heterocycles. The van der Waals surface area contributed by atoms with Gasteiger partial charge in [-0.25, -0.2) is 0 Å². The van der Waals surface area contributed by atoms with Gasteiger partial charge in [0.15, 0.2) is 5.82 Å². The zero-order chi connectivity index (χ0) is 15.4. The van der Waals surface area contributed by atoms with Gasteiger partial charge in [0.25, 0.3) is 0 Å². The zero-order valence-electron chi connectivity index (χ0n) is 11.7. The van der Waals surface area contributed by atoms with Crippen LogP contribution in [0.15, 0.2) is 66.7 Å². The van der Waals surface area contributed by atoms with Crippen LogP contribution in [0.25, 0.3) is 11.3 Å². The second-order valence-corrected chi connectivity index (χ2v) is 4.74. The molecule has 0 saturated carbocycles. The van der Waals surface area contributed by atoms with Crippen LogP contribution >= 0.6 is 0 Å². The van der Waals surface area contributed by atoms with E-state index in [2.05, 4.69) is 15.5 Å². The third-order valence-corrected chi connectivity index (χ3v) is 3.15. The van der Waals surface area contributed by atoms with Crippen LogP contribution in [0.2, 0.25) is 0 Å². The molecule has 3 aromatic rings. The van der Waals surface area contributed by atoms with Gasteiger partial charge in [-0.05, 0) is 30.3 Å². The first-order valence-electron chi connectivity index (χ1n) is 6.78. The van der Waals surface area contributed by atoms with Gasteiger partial charge in [0.2, 0.25) is 5.91 Å². The van der Waals surface area contributed by atoms with Crippen molar-refractivity contribution in [1.29, 1.82) is 0 Å². The Hall–Kier alpha value is -3.21. The van der Waals surface area contributed by atoms with Crippen molar-refractivity contribution in [2.45, 2.75) is 0 Å². The second kappa shape index (κ2) is 6.05. The van der Waals surface area contributed by atoms with Crippen LogP contribution < -0.4 is 11.1 Å². The summed E-state index contributed by atoms with van der Waals surface area (Å²) in [4.78, 5) is 11.2. The fraction of sp³-hybridized carbons (Fsp3) is 0. The van der Waals surface area contributed by atoms with E-state index in [0.717, 1.165) is 16.9 Å². The third-order valence-electron chi connectivity index (χ3n) is 3.15. The minimum atomic E-state index is -0.464. The van der Waals surface area contributed by atoms with Crippen LogP contribution in [0.1, 0.15) is 10.4 Å². The lowest BCUT2D eigenvalue weighted by Crippen LogP contribution is -2.10. The van der Waals surface area contributed by atoms with E-state index in [9.17, 15) is 4.79 Å². The van der Waals surface area contributed by atoms with E-state index >= 15 is 0 Å². The predicted octanol–water partition coefficient (Wildman–Crippen LogP) is 2.99. The summed E-state index contributed by atoms with van der Waals surface area (Å²) in [5.74, 6) is 0.135. The molecule has 108 valence electrons. The highest BCUT2D eigenvalue weighted by Crippen LogP contribution is 2.19. The quantitative estimate of drug-likeness (QED) is 0.774. The lowest BCUT2D eigenvalue weighted by molar-refractivity contribution is 0.100. The van der Waals surface area contributed by atoms with Crippen molar-refractivity contribution < 1.29 is 4.79 Å². The topological polar surface area (TPSA) is 80.9 Å². The van der Waals surface area contributed by atoms with Crippen molar-refractivity contribution in [1.82, 2.24) is 10.2 Å². The van der Waals surface area contributed by atoms with Gasteiger partial charge in [0.1, 0.15) is 0 Å². The summed E-state index contributed by atoms with van der Waals surface area (Å²) in [6, 6.07) is 20.5. The first kappa shape index (κ1) is 13.8. The van der Waals surface area contributed by atoms with Crippen molar-refractivity contribution in [3.8, 4) is 11.3 Å². The SMILES string of the molecule is NC(=O)c1cccc(Nc2ccc(-c3ccccc3)nn2)c1. The number of primary amides is 1. The normalized spacial score (nSPS) is 10.2. The van der Waals surface area contributed by atoms with E-state index in [-0.39, 0.29) is 0 Å². The van der Waals surface area contributed by atoms with Gasteiger partial charge in [-0.2, -0.15) is 0 Å². The van der Waals surface area contributed by atoms with Gasteiger partial charge in [0.05, 0.1) is 5.69 Å². The van der Waals surface area contributed by atoms with Gasteiger partial charge < -0.3 is 11.1 Å². The lowest BCUT2D eigenvalue weighted by atomic mass is 10.1. The Bertz CT molecular complexity index is 785. The summed E-state index contributed by atoms with van der Waals surface area (Å²) in [5.41, 5.74) is 8.26. The van der Waals surface area contributed by atoms with E-state index in [4.69, 9.17) is 5.73 Å². The minimum Gasteiger partial charge on any atom is -0.366 e. The molecule has 0 radical (unpaired) electrons. The van der Waals surface area contributed by atoms with Crippen LogP contribution in [-0.2, 0) is 0 Å². The van der Waals surface area contributed by atoms with E-state index in [1.54, 1.807) is 18.2 Å². The summed E-state index contributed by atoms with van der Waals surface area (Å²) in [7, 11) is 0. The molecule has 1 heterocycles. The average Bonchev–Trinajstić information content (AvgIpc) is 2.56. The van der Waals surface area contributed by atoms with Crippen LogP contribution in [0.4, 0.5) is 11.5 Å². The van der Waals surface area contributed by atoms with Crippen molar-refractivity contribution in [3.63, 3.8) is 0 Å². The minimum absolute atomic E-state index is 0.443. The molecule has 0 atom stereocenters. The number of nitrogens with one attached hydrogen (secondary N) is 1. The largest absolute Gasteiger partial charge is 0.366 e. The molecule has 0 fully saturated rings. The number of amides is 1. The Kier molecular flexibility index (Phi) is 3.78. The number of hydrogen-bond donors (Lipinski definition) is 2.